The Balaban J connectivity index is 1.62. The van der Waals surface area contributed by atoms with Crippen LogP contribution in [0.1, 0.15) is 26.2 Å². The van der Waals surface area contributed by atoms with Gasteiger partial charge in [-0.15, -0.1) is 11.8 Å². The van der Waals surface area contributed by atoms with Crippen molar-refractivity contribution >= 4 is 40.9 Å². The first-order valence-corrected chi connectivity index (χ1v) is 8.35. The van der Waals surface area contributed by atoms with E-state index in [-0.39, 0.29) is 29.5 Å². The third-order valence-corrected chi connectivity index (χ3v) is 5.36. The molecule has 0 saturated heterocycles. The molecule has 1 fully saturated rings. The SMILES string of the molecule is C[C@H](NC(=O)C[C@@H]1Sc2ccc(Cl)cc2NC1=O)C1CC1. The van der Waals surface area contributed by atoms with E-state index in [2.05, 4.69) is 10.6 Å². The van der Waals surface area contributed by atoms with E-state index in [9.17, 15) is 9.59 Å². The molecule has 1 aliphatic carbocycles. The number of carbonyl (C=O) groups is 2. The average molecular weight is 325 g/mol. The molecule has 21 heavy (non-hydrogen) atoms. The first kappa shape index (κ1) is 14.7. The summed E-state index contributed by atoms with van der Waals surface area (Å²) in [6.45, 7) is 2.03. The van der Waals surface area contributed by atoms with Crippen molar-refractivity contribution in [3.63, 3.8) is 0 Å². The Kier molecular flexibility index (Phi) is 4.13. The molecule has 0 unspecified atom stereocenters. The summed E-state index contributed by atoms with van der Waals surface area (Å²) < 4.78 is 0. The Morgan fingerprint density at radius 1 is 1.52 bits per heavy atom. The zero-order chi connectivity index (χ0) is 15.0. The number of carbonyl (C=O) groups excluding carboxylic acids is 2. The largest absolute Gasteiger partial charge is 0.353 e. The summed E-state index contributed by atoms with van der Waals surface area (Å²) in [5.74, 6) is 0.424. The number of benzene rings is 1. The Morgan fingerprint density at radius 3 is 3.00 bits per heavy atom. The third-order valence-electron chi connectivity index (χ3n) is 3.85. The number of nitrogens with one attached hydrogen (secondary N) is 2. The van der Waals surface area contributed by atoms with Crippen molar-refractivity contribution in [1.29, 1.82) is 0 Å². The molecule has 3 rings (SSSR count). The van der Waals surface area contributed by atoms with Crippen LogP contribution in [-0.4, -0.2) is 23.1 Å². The first-order chi connectivity index (χ1) is 10.0. The quantitative estimate of drug-likeness (QED) is 0.895. The second-order valence-electron chi connectivity index (χ2n) is 5.63. The van der Waals surface area contributed by atoms with E-state index in [4.69, 9.17) is 11.6 Å². The van der Waals surface area contributed by atoms with Crippen molar-refractivity contribution in [2.75, 3.05) is 5.32 Å². The number of hydrogen-bond donors (Lipinski definition) is 2. The molecule has 0 bridgehead atoms. The van der Waals surface area contributed by atoms with Crippen LogP contribution in [0.5, 0.6) is 0 Å². The smallest absolute Gasteiger partial charge is 0.238 e. The highest BCUT2D eigenvalue weighted by Gasteiger charge is 2.32. The van der Waals surface area contributed by atoms with Gasteiger partial charge in [-0.05, 0) is 43.9 Å². The monoisotopic (exact) mass is 324 g/mol. The van der Waals surface area contributed by atoms with E-state index < -0.39 is 0 Å². The van der Waals surface area contributed by atoms with Gasteiger partial charge >= 0.3 is 0 Å². The average Bonchev–Trinajstić information content (AvgIpc) is 3.24. The summed E-state index contributed by atoms with van der Waals surface area (Å²) in [6.07, 6.45) is 2.58. The molecule has 112 valence electrons. The summed E-state index contributed by atoms with van der Waals surface area (Å²) in [6, 6.07) is 5.60. The molecule has 2 amide bonds. The van der Waals surface area contributed by atoms with Gasteiger partial charge in [-0.3, -0.25) is 9.59 Å². The zero-order valence-electron chi connectivity index (χ0n) is 11.7. The molecular weight excluding hydrogens is 308 g/mol. The van der Waals surface area contributed by atoms with Gasteiger partial charge in [-0.25, -0.2) is 0 Å². The van der Waals surface area contributed by atoms with E-state index >= 15 is 0 Å². The summed E-state index contributed by atoms with van der Waals surface area (Å²) in [5.41, 5.74) is 0.723. The van der Waals surface area contributed by atoms with Gasteiger partial charge in [0.25, 0.3) is 0 Å². The number of hydrogen-bond acceptors (Lipinski definition) is 3. The van der Waals surface area contributed by atoms with Crippen LogP contribution in [0.25, 0.3) is 0 Å². The van der Waals surface area contributed by atoms with Gasteiger partial charge in [0.2, 0.25) is 11.8 Å². The van der Waals surface area contributed by atoms with E-state index in [1.54, 1.807) is 12.1 Å². The fourth-order valence-corrected chi connectivity index (χ4v) is 3.72. The Bertz CT molecular complexity index is 589. The van der Waals surface area contributed by atoms with Gasteiger partial charge in [0.1, 0.15) is 0 Å². The van der Waals surface area contributed by atoms with Crippen LogP contribution in [0, 0.1) is 5.92 Å². The highest BCUT2D eigenvalue weighted by Crippen LogP contribution is 2.38. The molecule has 1 aromatic carbocycles. The number of amides is 2. The van der Waals surface area contributed by atoms with E-state index in [0.717, 1.165) is 10.6 Å². The van der Waals surface area contributed by atoms with Crippen molar-refractivity contribution in [3.05, 3.63) is 23.2 Å². The van der Waals surface area contributed by atoms with Gasteiger partial charge in [0.05, 0.1) is 10.9 Å². The molecule has 0 aromatic heterocycles. The van der Waals surface area contributed by atoms with E-state index in [0.29, 0.717) is 10.9 Å². The molecule has 1 heterocycles. The number of halogens is 1. The van der Waals surface area contributed by atoms with Gasteiger partial charge in [-0.1, -0.05) is 11.6 Å². The molecule has 6 heteroatoms. The number of fused-ring (bicyclic) bond motifs is 1. The lowest BCUT2D eigenvalue weighted by molar-refractivity contribution is -0.124. The predicted octanol–water partition coefficient (Wildman–Crippen LogP) is 3.06. The van der Waals surface area contributed by atoms with Crippen molar-refractivity contribution < 1.29 is 9.59 Å². The molecular formula is C15H17ClN2O2S. The third kappa shape index (κ3) is 3.52. The molecule has 1 aromatic rings. The molecule has 0 radical (unpaired) electrons. The topological polar surface area (TPSA) is 58.2 Å². The number of anilines is 1. The number of thioether (sulfide) groups is 1. The molecule has 2 N–H and O–H groups in total. The second kappa shape index (κ2) is 5.89. The van der Waals surface area contributed by atoms with Crippen molar-refractivity contribution in [2.24, 2.45) is 5.92 Å². The minimum absolute atomic E-state index is 0.0561. The van der Waals surface area contributed by atoms with E-state index in [1.165, 1.54) is 24.6 Å². The highest BCUT2D eigenvalue weighted by atomic mass is 35.5. The lowest BCUT2D eigenvalue weighted by Gasteiger charge is -2.24. The highest BCUT2D eigenvalue weighted by molar-refractivity contribution is 8.01. The summed E-state index contributed by atoms with van der Waals surface area (Å²) in [5, 5.41) is 6.01. The van der Waals surface area contributed by atoms with E-state index in [1.807, 2.05) is 13.0 Å². The van der Waals surface area contributed by atoms with Gasteiger partial charge in [0, 0.05) is 22.4 Å². The van der Waals surface area contributed by atoms with Crippen LogP contribution in [-0.2, 0) is 9.59 Å². The molecule has 1 saturated carbocycles. The Hall–Kier alpha value is -1.20. The lowest BCUT2D eigenvalue weighted by Crippen LogP contribution is -2.39. The first-order valence-electron chi connectivity index (χ1n) is 7.09. The predicted molar refractivity (Wildman–Crippen MR) is 84.7 cm³/mol. The normalized spacial score (nSPS) is 22.2. The van der Waals surface area contributed by atoms with Gasteiger partial charge in [0.15, 0.2) is 0 Å². The maximum absolute atomic E-state index is 12.1. The number of rotatable bonds is 4. The zero-order valence-corrected chi connectivity index (χ0v) is 13.3. The second-order valence-corrected chi connectivity index (χ2v) is 7.31. The maximum atomic E-state index is 12.1. The van der Waals surface area contributed by atoms with Crippen molar-refractivity contribution in [2.45, 2.75) is 42.4 Å². The maximum Gasteiger partial charge on any atom is 0.238 e. The van der Waals surface area contributed by atoms with Crippen LogP contribution in [0.15, 0.2) is 23.1 Å². The summed E-state index contributed by atoms with van der Waals surface area (Å²) in [7, 11) is 0. The molecule has 4 nitrogen and oxygen atoms in total. The minimum Gasteiger partial charge on any atom is -0.353 e. The van der Waals surface area contributed by atoms with Crippen LogP contribution >= 0.6 is 23.4 Å². The Morgan fingerprint density at radius 2 is 2.29 bits per heavy atom. The van der Waals surface area contributed by atoms with Gasteiger partial charge < -0.3 is 10.6 Å². The van der Waals surface area contributed by atoms with Crippen LogP contribution in [0.4, 0.5) is 5.69 Å². The van der Waals surface area contributed by atoms with Crippen molar-refractivity contribution in [3.8, 4) is 0 Å². The molecule has 1 aliphatic heterocycles. The molecule has 2 aliphatic rings. The van der Waals surface area contributed by atoms with Crippen molar-refractivity contribution in [1.82, 2.24) is 5.32 Å². The minimum atomic E-state index is -0.384. The van der Waals surface area contributed by atoms with Gasteiger partial charge in [-0.2, -0.15) is 0 Å². The summed E-state index contributed by atoms with van der Waals surface area (Å²) in [4.78, 5) is 25.1. The molecule has 2 atom stereocenters. The Labute approximate surface area is 133 Å². The standard InChI is InChI=1S/C15H17ClN2O2S/c1-8(9-2-3-9)17-14(19)7-13-15(20)18-11-6-10(16)4-5-12(11)21-13/h4-6,8-9,13H,2-3,7H2,1H3,(H,17,19)(H,18,20)/t8-,13-/m0/s1. The van der Waals surface area contributed by atoms with Crippen LogP contribution in [0.3, 0.4) is 0 Å². The van der Waals surface area contributed by atoms with Crippen LogP contribution in [0.2, 0.25) is 5.02 Å². The molecule has 0 spiro atoms. The summed E-state index contributed by atoms with van der Waals surface area (Å²) >= 11 is 7.33. The fourth-order valence-electron chi connectivity index (χ4n) is 2.45. The lowest BCUT2D eigenvalue weighted by atomic mass is 10.2. The van der Waals surface area contributed by atoms with Crippen LogP contribution < -0.4 is 10.6 Å². The fraction of sp³-hybridized carbons (Fsp3) is 0.467.